The van der Waals surface area contributed by atoms with Gasteiger partial charge in [0, 0.05) is 32.6 Å². The van der Waals surface area contributed by atoms with Crippen molar-refractivity contribution in [1.29, 1.82) is 0 Å². The molecule has 1 aromatic heterocycles. The van der Waals surface area contributed by atoms with Crippen LogP contribution in [0.2, 0.25) is 0 Å². The van der Waals surface area contributed by atoms with Gasteiger partial charge in [-0.1, -0.05) is 17.3 Å². The topological polar surface area (TPSA) is 91.6 Å². The van der Waals surface area contributed by atoms with Gasteiger partial charge in [0.2, 0.25) is 5.89 Å². The van der Waals surface area contributed by atoms with Crippen molar-refractivity contribution in [3.8, 4) is 0 Å². The Morgan fingerprint density at radius 3 is 2.58 bits per heavy atom. The zero-order valence-electron chi connectivity index (χ0n) is 14.3. The van der Waals surface area contributed by atoms with Crippen LogP contribution >= 0.6 is 12.4 Å². The molecule has 9 heteroatoms. The molecule has 0 saturated carbocycles. The third-order valence-electron chi connectivity index (χ3n) is 4.72. The van der Waals surface area contributed by atoms with Crippen LogP contribution in [-0.2, 0) is 6.42 Å². The lowest BCUT2D eigenvalue weighted by Crippen LogP contribution is -2.44. The van der Waals surface area contributed by atoms with Gasteiger partial charge in [-0.3, -0.25) is 19.4 Å². The standard InChI is InChI=1S/C17H19N5O3.ClH/c1-21-9-7-18-10-13(21)15-19-14(25-20-15)6-8-22-16(23)11-4-2-3-5-12(11)17(22)24;/h2-5,13,18H,6-10H2,1H3;1H. The largest absolute Gasteiger partial charge is 0.339 e. The highest BCUT2D eigenvalue weighted by Gasteiger charge is 2.35. The Hall–Kier alpha value is -2.29. The number of aromatic nitrogens is 2. The van der Waals surface area contributed by atoms with E-state index in [0.29, 0.717) is 29.3 Å². The zero-order valence-corrected chi connectivity index (χ0v) is 15.2. The molecule has 4 rings (SSSR count). The van der Waals surface area contributed by atoms with E-state index in [4.69, 9.17) is 4.52 Å². The van der Waals surface area contributed by atoms with Crippen LogP contribution in [-0.4, -0.2) is 65.0 Å². The van der Waals surface area contributed by atoms with Crippen LogP contribution in [0.5, 0.6) is 0 Å². The Labute approximate surface area is 156 Å². The second-order valence-corrected chi connectivity index (χ2v) is 6.30. The van der Waals surface area contributed by atoms with E-state index in [1.807, 2.05) is 7.05 Å². The second kappa shape index (κ2) is 7.53. The number of nitrogens with zero attached hydrogens (tertiary/aromatic N) is 4. The molecule has 1 aromatic carbocycles. The van der Waals surface area contributed by atoms with Crippen LogP contribution in [0.15, 0.2) is 28.8 Å². The van der Waals surface area contributed by atoms with E-state index < -0.39 is 0 Å². The first kappa shape index (κ1) is 18.5. The highest BCUT2D eigenvalue weighted by molar-refractivity contribution is 6.21. The SMILES string of the molecule is CN1CCNCC1c1noc(CCN2C(=O)c3ccccc3C2=O)n1.Cl. The highest BCUT2D eigenvalue weighted by Crippen LogP contribution is 2.23. The smallest absolute Gasteiger partial charge is 0.261 e. The monoisotopic (exact) mass is 377 g/mol. The molecule has 1 unspecified atom stereocenters. The molecule has 0 spiro atoms. The van der Waals surface area contributed by atoms with E-state index in [-0.39, 0.29) is 36.8 Å². The lowest BCUT2D eigenvalue weighted by atomic mass is 10.1. The summed E-state index contributed by atoms with van der Waals surface area (Å²) in [7, 11) is 2.03. The lowest BCUT2D eigenvalue weighted by Gasteiger charge is -2.30. The number of benzene rings is 1. The summed E-state index contributed by atoms with van der Waals surface area (Å²) >= 11 is 0. The normalized spacial score (nSPS) is 20.2. The zero-order chi connectivity index (χ0) is 17.4. The van der Waals surface area contributed by atoms with Crippen molar-refractivity contribution in [3.05, 3.63) is 47.1 Å². The van der Waals surface area contributed by atoms with Gasteiger partial charge in [-0.15, -0.1) is 12.4 Å². The molecule has 2 amide bonds. The summed E-state index contributed by atoms with van der Waals surface area (Å²) in [4.78, 5) is 32.5. The molecule has 2 aliphatic rings. The van der Waals surface area contributed by atoms with E-state index >= 15 is 0 Å². The molecule has 0 radical (unpaired) electrons. The molecule has 1 fully saturated rings. The molecular weight excluding hydrogens is 358 g/mol. The van der Waals surface area contributed by atoms with Crippen molar-refractivity contribution >= 4 is 24.2 Å². The van der Waals surface area contributed by atoms with Crippen LogP contribution in [0.25, 0.3) is 0 Å². The van der Waals surface area contributed by atoms with Gasteiger partial charge in [-0.25, -0.2) is 0 Å². The number of hydrogen-bond acceptors (Lipinski definition) is 7. The summed E-state index contributed by atoms with van der Waals surface area (Å²) in [5.41, 5.74) is 0.905. The number of likely N-dealkylation sites (N-methyl/N-ethyl adjacent to an activating group) is 1. The van der Waals surface area contributed by atoms with Crippen molar-refractivity contribution in [2.75, 3.05) is 33.2 Å². The molecule has 1 saturated heterocycles. The molecule has 2 aromatic rings. The number of rotatable bonds is 4. The van der Waals surface area contributed by atoms with Crippen molar-refractivity contribution in [1.82, 2.24) is 25.3 Å². The first-order chi connectivity index (χ1) is 12.1. The van der Waals surface area contributed by atoms with E-state index in [1.165, 1.54) is 4.90 Å². The van der Waals surface area contributed by atoms with Gasteiger partial charge in [0.05, 0.1) is 17.2 Å². The minimum Gasteiger partial charge on any atom is -0.339 e. The molecule has 26 heavy (non-hydrogen) atoms. The summed E-state index contributed by atoms with van der Waals surface area (Å²) in [5, 5.41) is 7.37. The Balaban J connectivity index is 0.00000196. The average Bonchev–Trinajstić information content (AvgIpc) is 3.19. The number of halogens is 1. The molecule has 1 N–H and O–H groups in total. The fourth-order valence-corrected chi connectivity index (χ4v) is 3.25. The molecule has 1 atom stereocenters. The first-order valence-electron chi connectivity index (χ1n) is 8.34. The quantitative estimate of drug-likeness (QED) is 0.791. The predicted octanol–water partition coefficient (Wildman–Crippen LogP) is 0.906. The maximum absolute atomic E-state index is 12.3. The molecule has 138 valence electrons. The summed E-state index contributed by atoms with van der Waals surface area (Å²) in [6.07, 6.45) is 0.350. The van der Waals surface area contributed by atoms with Crippen molar-refractivity contribution in [2.24, 2.45) is 0 Å². The maximum atomic E-state index is 12.3. The minimum absolute atomic E-state index is 0. The van der Waals surface area contributed by atoms with Crippen LogP contribution in [0.3, 0.4) is 0 Å². The lowest BCUT2D eigenvalue weighted by molar-refractivity contribution is 0.0653. The Bertz CT molecular complexity index is 789. The van der Waals surface area contributed by atoms with Crippen molar-refractivity contribution < 1.29 is 14.1 Å². The third-order valence-corrected chi connectivity index (χ3v) is 4.72. The molecule has 8 nitrogen and oxygen atoms in total. The summed E-state index contributed by atoms with van der Waals surface area (Å²) in [6, 6.07) is 6.93. The number of carbonyl (C=O) groups excluding carboxylic acids is 2. The molecule has 2 aliphatic heterocycles. The Morgan fingerprint density at radius 2 is 1.92 bits per heavy atom. The molecule has 3 heterocycles. The fraction of sp³-hybridized carbons (Fsp3) is 0.412. The van der Waals surface area contributed by atoms with E-state index in [2.05, 4.69) is 20.4 Å². The molecular formula is C17H20ClN5O3. The van der Waals surface area contributed by atoms with Gasteiger partial charge >= 0.3 is 0 Å². The van der Waals surface area contributed by atoms with Crippen LogP contribution in [0, 0.1) is 0 Å². The van der Waals surface area contributed by atoms with E-state index in [0.717, 1.165) is 19.6 Å². The minimum atomic E-state index is -0.267. The number of amides is 2. The van der Waals surface area contributed by atoms with Gasteiger partial charge in [0.15, 0.2) is 5.82 Å². The molecule has 0 bridgehead atoms. The average molecular weight is 378 g/mol. The Morgan fingerprint density at radius 1 is 1.23 bits per heavy atom. The number of carbonyl (C=O) groups is 2. The number of imide groups is 1. The van der Waals surface area contributed by atoms with Crippen LogP contribution in [0.1, 0.15) is 38.5 Å². The van der Waals surface area contributed by atoms with Gasteiger partial charge in [0.1, 0.15) is 0 Å². The number of hydrogen-bond donors (Lipinski definition) is 1. The van der Waals surface area contributed by atoms with Crippen LogP contribution in [0.4, 0.5) is 0 Å². The molecule has 0 aliphatic carbocycles. The van der Waals surface area contributed by atoms with E-state index in [9.17, 15) is 9.59 Å². The number of nitrogens with one attached hydrogen (secondary N) is 1. The summed E-state index contributed by atoms with van der Waals surface area (Å²) in [6.45, 7) is 2.86. The number of fused-ring (bicyclic) bond motifs is 1. The maximum Gasteiger partial charge on any atom is 0.261 e. The summed E-state index contributed by atoms with van der Waals surface area (Å²) in [5.74, 6) is 0.533. The second-order valence-electron chi connectivity index (χ2n) is 6.30. The van der Waals surface area contributed by atoms with Gasteiger partial charge in [0.25, 0.3) is 11.8 Å². The van der Waals surface area contributed by atoms with E-state index in [1.54, 1.807) is 24.3 Å². The van der Waals surface area contributed by atoms with Gasteiger partial charge in [-0.05, 0) is 19.2 Å². The Kier molecular flexibility index (Phi) is 5.36. The van der Waals surface area contributed by atoms with Crippen LogP contribution < -0.4 is 5.32 Å². The van der Waals surface area contributed by atoms with Gasteiger partial charge in [-0.2, -0.15) is 4.98 Å². The number of piperazine rings is 1. The highest BCUT2D eigenvalue weighted by atomic mass is 35.5. The summed E-state index contributed by atoms with van der Waals surface area (Å²) < 4.78 is 5.31. The van der Waals surface area contributed by atoms with Crippen molar-refractivity contribution in [3.63, 3.8) is 0 Å². The predicted molar refractivity (Wildman–Crippen MR) is 95.3 cm³/mol. The van der Waals surface area contributed by atoms with Crippen molar-refractivity contribution in [2.45, 2.75) is 12.5 Å². The fourth-order valence-electron chi connectivity index (χ4n) is 3.25. The first-order valence-corrected chi connectivity index (χ1v) is 8.34. The third kappa shape index (κ3) is 3.23. The van der Waals surface area contributed by atoms with Gasteiger partial charge < -0.3 is 9.84 Å².